The smallest absolute Gasteiger partial charge is 0.292 e. The molecule has 1 aliphatic heterocycles. The highest BCUT2D eigenvalue weighted by molar-refractivity contribution is 6.21. The quantitative estimate of drug-likeness (QED) is 0.868. The van der Waals surface area contributed by atoms with Gasteiger partial charge in [-0.25, -0.2) is 4.90 Å². The van der Waals surface area contributed by atoms with Crippen molar-refractivity contribution < 1.29 is 14.9 Å². The maximum absolute atomic E-state index is 12.7. The zero-order chi connectivity index (χ0) is 16.6. The second-order valence-corrected chi connectivity index (χ2v) is 7.34. The number of rotatable bonds is 3. The topological polar surface area (TPSA) is 54.0 Å². The van der Waals surface area contributed by atoms with Crippen LogP contribution in [0.1, 0.15) is 45.1 Å². The molecule has 1 aromatic carbocycles. The Morgan fingerprint density at radius 2 is 1.78 bits per heavy atom. The van der Waals surface area contributed by atoms with Crippen LogP contribution in [-0.2, 0) is 9.59 Å². The number of amides is 2. The molecule has 2 N–H and O–H groups in total. The molecule has 3 rings (SSSR count). The first-order chi connectivity index (χ1) is 11.0. The number of aryl methyl sites for hydroxylation is 1. The predicted octanol–water partition coefficient (Wildman–Crippen LogP) is 2.02. The van der Waals surface area contributed by atoms with Crippen LogP contribution in [0.15, 0.2) is 24.3 Å². The fourth-order valence-electron chi connectivity index (χ4n) is 3.96. The highest BCUT2D eigenvalue weighted by atomic mass is 16.2. The zero-order valence-electron chi connectivity index (χ0n) is 14.3. The molecule has 124 valence electrons. The summed E-state index contributed by atoms with van der Waals surface area (Å²) in [6.45, 7) is 6.58. The summed E-state index contributed by atoms with van der Waals surface area (Å²) in [6.07, 6.45) is 3.97. The number of carbonyl (C=O) groups is 2. The van der Waals surface area contributed by atoms with Gasteiger partial charge in [0.15, 0.2) is 6.04 Å². The predicted molar refractivity (Wildman–Crippen MR) is 90.0 cm³/mol. The van der Waals surface area contributed by atoms with Crippen LogP contribution >= 0.6 is 0 Å². The van der Waals surface area contributed by atoms with Crippen molar-refractivity contribution in [2.75, 3.05) is 4.90 Å². The molecule has 0 spiro atoms. The van der Waals surface area contributed by atoms with Crippen molar-refractivity contribution >= 4 is 17.5 Å². The molecule has 1 aliphatic carbocycles. The van der Waals surface area contributed by atoms with E-state index in [2.05, 4.69) is 19.2 Å². The number of nitrogens with two attached hydrogens (primary N) is 1. The lowest BCUT2D eigenvalue weighted by Crippen LogP contribution is -2.97. The van der Waals surface area contributed by atoms with Crippen molar-refractivity contribution in [1.82, 2.24) is 0 Å². The Morgan fingerprint density at radius 3 is 2.48 bits per heavy atom. The average Bonchev–Trinajstić information content (AvgIpc) is 2.79. The maximum Gasteiger partial charge on any atom is 0.292 e. The number of anilines is 1. The molecule has 2 amide bonds. The van der Waals surface area contributed by atoms with Crippen LogP contribution < -0.4 is 10.2 Å². The summed E-state index contributed by atoms with van der Waals surface area (Å²) in [7, 11) is 0. The van der Waals surface area contributed by atoms with Crippen molar-refractivity contribution in [2.24, 2.45) is 11.8 Å². The molecule has 0 bridgehead atoms. The zero-order valence-corrected chi connectivity index (χ0v) is 14.3. The van der Waals surface area contributed by atoms with E-state index in [4.69, 9.17) is 0 Å². The van der Waals surface area contributed by atoms with E-state index in [0.29, 0.717) is 30.0 Å². The van der Waals surface area contributed by atoms with Crippen molar-refractivity contribution in [1.29, 1.82) is 0 Å². The molecule has 1 saturated heterocycles. The van der Waals surface area contributed by atoms with Crippen LogP contribution in [-0.4, -0.2) is 23.9 Å². The van der Waals surface area contributed by atoms with E-state index in [1.54, 1.807) is 0 Å². The Labute approximate surface area is 138 Å². The number of benzene rings is 1. The first-order valence-electron chi connectivity index (χ1n) is 8.76. The van der Waals surface area contributed by atoms with E-state index in [-0.39, 0.29) is 17.9 Å². The summed E-state index contributed by atoms with van der Waals surface area (Å²) in [5.41, 5.74) is 1.83. The third-order valence-electron chi connectivity index (χ3n) is 5.72. The lowest BCUT2D eigenvalue weighted by atomic mass is 9.78. The summed E-state index contributed by atoms with van der Waals surface area (Å²) >= 11 is 0. The Bertz CT molecular complexity index is 596. The van der Waals surface area contributed by atoms with Crippen LogP contribution in [0.3, 0.4) is 0 Å². The summed E-state index contributed by atoms with van der Waals surface area (Å²) in [5, 5.41) is 2.18. The van der Waals surface area contributed by atoms with Gasteiger partial charge in [0.25, 0.3) is 5.91 Å². The van der Waals surface area contributed by atoms with Gasteiger partial charge in [-0.2, -0.15) is 0 Å². The number of nitrogens with zero attached hydrogens (tertiary/aromatic N) is 1. The number of quaternary nitrogens is 1. The van der Waals surface area contributed by atoms with Crippen LogP contribution in [0.2, 0.25) is 0 Å². The molecule has 1 heterocycles. The van der Waals surface area contributed by atoms with Crippen molar-refractivity contribution in [3.63, 3.8) is 0 Å². The van der Waals surface area contributed by atoms with Crippen LogP contribution in [0, 0.1) is 18.8 Å². The van der Waals surface area contributed by atoms with Gasteiger partial charge in [0.1, 0.15) is 0 Å². The first-order valence-corrected chi connectivity index (χ1v) is 8.76. The normalized spacial score (nSPS) is 31.7. The van der Waals surface area contributed by atoms with E-state index in [9.17, 15) is 9.59 Å². The number of hydrogen-bond acceptors (Lipinski definition) is 2. The van der Waals surface area contributed by atoms with Gasteiger partial charge in [0.05, 0.1) is 18.2 Å². The Morgan fingerprint density at radius 1 is 1.09 bits per heavy atom. The van der Waals surface area contributed by atoms with Gasteiger partial charge in [-0.15, -0.1) is 0 Å². The average molecular weight is 315 g/mol. The molecular weight excluding hydrogens is 288 g/mol. The maximum atomic E-state index is 12.7. The highest BCUT2D eigenvalue weighted by Gasteiger charge is 2.44. The Hall–Kier alpha value is -1.68. The lowest BCUT2D eigenvalue weighted by Gasteiger charge is -2.33. The van der Waals surface area contributed by atoms with Crippen molar-refractivity contribution in [3.8, 4) is 0 Å². The largest absolute Gasteiger partial charge is 0.333 e. The van der Waals surface area contributed by atoms with Crippen LogP contribution in [0.25, 0.3) is 0 Å². The molecule has 23 heavy (non-hydrogen) atoms. The third-order valence-corrected chi connectivity index (χ3v) is 5.72. The van der Waals surface area contributed by atoms with E-state index < -0.39 is 0 Å². The molecular formula is C19H27N2O2+. The molecule has 0 radical (unpaired) electrons. The molecule has 0 unspecified atom stereocenters. The number of carbonyl (C=O) groups excluding carboxylic acids is 2. The molecule has 4 nitrogen and oxygen atoms in total. The summed E-state index contributed by atoms with van der Waals surface area (Å²) in [4.78, 5) is 26.5. The van der Waals surface area contributed by atoms with Gasteiger partial charge in [-0.05, 0) is 44.2 Å². The Balaban J connectivity index is 1.72. The van der Waals surface area contributed by atoms with Gasteiger partial charge in [0.2, 0.25) is 5.91 Å². The highest BCUT2D eigenvalue weighted by Crippen LogP contribution is 2.28. The second kappa shape index (κ2) is 6.44. The fourth-order valence-corrected chi connectivity index (χ4v) is 3.96. The van der Waals surface area contributed by atoms with Gasteiger partial charge >= 0.3 is 0 Å². The van der Waals surface area contributed by atoms with E-state index in [1.807, 2.05) is 31.2 Å². The summed E-state index contributed by atoms with van der Waals surface area (Å²) in [6, 6.07) is 7.81. The van der Waals surface area contributed by atoms with Gasteiger partial charge in [-0.1, -0.05) is 31.5 Å². The molecule has 0 aromatic heterocycles. The molecule has 2 fully saturated rings. The van der Waals surface area contributed by atoms with E-state index in [0.717, 1.165) is 12.0 Å². The number of hydrogen-bond donors (Lipinski definition) is 1. The van der Waals surface area contributed by atoms with Gasteiger partial charge in [0, 0.05) is 5.92 Å². The molecule has 4 heteroatoms. The molecule has 4 atom stereocenters. The van der Waals surface area contributed by atoms with E-state index in [1.165, 1.54) is 17.7 Å². The minimum absolute atomic E-state index is 0.0516. The lowest BCUT2D eigenvalue weighted by molar-refractivity contribution is -0.716. The van der Waals surface area contributed by atoms with Gasteiger partial charge in [-0.3, -0.25) is 9.59 Å². The third kappa shape index (κ3) is 3.18. The van der Waals surface area contributed by atoms with Gasteiger partial charge < -0.3 is 5.32 Å². The minimum atomic E-state index is -0.249. The number of imide groups is 1. The van der Waals surface area contributed by atoms with E-state index >= 15 is 0 Å². The first kappa shape index (κ1) is 16.2. The fraction of sp³-hybridized carbons (Fsp3) is 0.579. The second-order valence-electron chi connectivity index (χ2n) is 7.34. The summed E-state index contributed by atoms with van der Waals surface area (Å²) < 4.78 is 0. The van der Waals surface area contributed by atoms with Crippen LogP contribution in [0.5, 0.6) is 0 Å². The van der Waals surface area contributed by atoms with Crippen LogP contribution in [0.4, 0.5) is 5.69 Å². The molecule has 2 aliphatic rings. The SMILES string of the molecule is Cc1ccc(N2C(=O)C[C@@H]([NH2+][C@H]3CCC[C@H](C)[C@H]3C)C2=O)cc1. The molecule has 1 aromatic rings. The van der Waals surface area contributed by atoms with Crippen molar-refractivity contribution in [2.45, 2.75) is 58.5 Å². The minimum Gasteiger partial charge on any atom is -0.333 e. The standard InChI is InChI=1S/C19H26N2O2/c1-12-7-9-15(10-8-12)21-18(22)11-17(19(21)23)20-16-6-4-5-13(2)14(16)3/h7-10,13-14,16-17,20H,4-6,11H2,1-3H3/p+1/t13-,14+,16-,17+/m0/s1. The van der Waals surface area contributed by atoms with Crippen molar-refractivity contribution in [3.05, 3.63) is 29.8 Å². The summed E-state index contributed by atoms with van der Waals surface area (Å²) in [5.74, 6) is 1.17. The monoisotopic (exact) mass is 315 g/mol. The Kier molecular flexibility index (Phi) is 4.53. The molecule has 1 saturated carbocycles.